The molecule has 0 unspecified atom stereocenters. The Bertz CT molecular complexity index is 312. The minimum absolute atomic E-state index is 0.170. The van der Waals surface area contributed by atoms with Crippen molar-refractivity contribution in [1.82, 2.24) is 0 Å². The van der Waals surface area contributed by atoms with E-state index in [0.717, 1.165) is 0 Å². The number of ether oxygens (including phenoxy) is 1. The molecular formula is C8H5Cl3O2. The van der Waals surface area contributed by atoms with Crippen LogP contribution in [-0.4, -0.2) is 6.47 Å². The Morgan fingerprint density at radius 2 is 1.92 bits per heavy atom. The van der Waals surface area contributed by atoms with Gasteiger partial charge in [0.25, 0.3) is 11.0 Å². The Labute approximate surface area is 90.3 Å². The van der Waals surface area contributed by atoms with Crippen molar-refractivity contribution in [2.75, 3.05) is 0 Å². The predicted octanol–water partition coefficient (Wildman–Crippen LogP) is 3.10. The summed E-state index contributed by atoms with van der Waals surface area (Å²) in [6, 6.07) is 6.59. The van der Waals surface area contributed by atoms with E-state index in [-0.39, 0.29) is 6.47 Å². The number of halogens is 3. The zero-order chi connectivity index (χ0) is 9.90. The Morgan fingerprint density at radius 3 is 2.46 bits per heavy atom. The quantitative estimate of drug-likeness (QED) is 0.598. The van der Waals surface area contributed by atoms with Crippen molar-refractivity contribution in [3.8, 4) is 0 Å². The molecular weight excluding hydrogens is 234 g/mol. The largest absolute Gasteiger partial charge is 0.426 e. The van der Waals surface area contributed by atoms with E-state index in [1.54, 1.807) is 24.3 Å². The summed E-state index contributed by atoms with van der Waals surface area (Å²) < 4.78 is 2.74. The van der Waals surface area contributed by atoms with Crippen LogP contribution >= 0.6 is 34.8 Å². The van der Waals surface area contributed by atoms with Gasteiger partial charge < -0.3 is 4.74 Å². The molecule has 0 fully saturated rings. The average molecular weight is 239 g/mol. The van der Waals surface area contributed by atoms with E-state index < -0.39 is 4.52 Å². The Morgan fingerprint density at radius 1 is 1.31 bits per heavy atom. The fourth-order valence-electron chi connectivity index (χ4n) is 0.821. The van der Waals surface area contributed by atoms with E-state index in [4.69, 9.17) is 34.8 Å². The second kappa shape index (κ2) is 4.18. The molecule has 0 radical (unpaired) electrons. The zero-order valence-electron chi connectivity index (χ0n) is 6.34. The van der Waals surface area contributed by atoms with Crippen molar-refractivity contribution in [3.05, 3.63) is 34.9 Å². The molecule has 0 aliphatic heterocycles. The van der Waals surface area contributed by atoms with Gasteiger partial charge in [0, 0.05) is 5.56 Å². The van der Waals surface area contributed by atoms with Gasteiger partial charge in [-0.25, -0.2) is 0 Å². The third kappa shape index (κ3) is 2.50. The summed E-state index contributed by atoms with van der Waals surface area (Å²) in [7, 11) is 0. The number of carbonyl (C=O) groups is 1. The molecule has 0 heterocycles. The lowest BCUT2D eigenvalue weighted by Gasteiger charge is -2.18. The van der Waals surface area contributed by atoms with Crippen LogP contribution in [0, 0.1) is 0 Å². The molecule has 0 N–H and O–H groups in total. The summed E-state index contributed by atoms with van der Waals surface area (Å²) in [5, 5.41) is 0.342. The molecule has 0 saturated heterocycles. The minimum Gasteiger partial charge on any atom is -0.426 e. The van der Waals surface area contributed by atoms with Gasteiger partial charge >= 0.3 is 0 Å². The molecule has 0 aliphatic rings. The van der Waals surface area contributed by atoms with Crippen LogP contribution in [-0.2, 0) is 14.1 Å². The molecule has 1 aromatic rings. The first-order valence-electron chi connectivity index (χ1n) is 3.32. The van der Waals surface area contributed by atoms with E-state index in [0.29, 0.717) is 10.6 Å². The molecule has 1 rings (SSSR count). The van der Waals surface area contributed by atoms with Gasteiger partial charge in [-0.1, -0.05) is 53.0 Å². The van der Waals surface area contributed by atoms with Gasteiger partial charge in [0.05, 0.1) is 5.02 Å². The molecule has 5 heteroatoms. The first-order valence-corrected chi connectivity index (χ1v) is 4.45. The van der Waals surface area contributed by atoms with E-state index in [1.165, 1.54) is 0 Å². The summed E-state index contributed by atoms with van der Waals surface area (Å²) in [5.74, 6) is 0. The lowest BCUT2D eigenvalue weighted by molar-refractivity contribution is -0.132. The molecule has 70 valence electrons. The summed E-state index contributed by atoms with van der Waals surface area (Å²) in [5.41, 5.74) is 0.340. The zero-order valence-corrected chi connectivity index (χ0v) is 8.60. The second-order valence-corrected chi connectivity index (χ2v) is 3.88. The number of alkyl halides is 2. The molecule has 2 nitrogen and oxygen atoms in total. The highest BCUT2D eigenvalue weighted by Crippen LogP contribution is 2.38. The second-order valence-electron chi connectivity index (χ2n) is 2.21. The first-order chi connectivity index (χ1) is 6.08. The highest BCUT2D eigenvalue weighted by Gasteiger charge is 2.30. The van der Waals surface area contributed by atoms with Gasteiger partial charge in [-0.05, 0) is 6.07 Å². The van der Waals surface area contributed by atoms with Gasteiger partial charge in [-0.3, -0.25) is 4.79 Å². The highest BCUT2D eigenvalue weighted by molar-refractivity contribution is 6.48. The van der Waals surface area contributed by atoms with Crippen LogP contribution in [0.4, 0.5) is 0 Å². The third-order valence-corrected chi connectivity index (χ3v) is 2.30. The van der Waals surface area contributed by atoms with Crippen LogP contribution < -0.4 is 0 Å². The van der Waals surface area contributed by atoms with Crippen molar-refractivity contribution in [2.24, 2.45) is 0 Å². The Balaban J connectivity index is 3.06. The fourth-order valence-corrected chi connectivity index (χ4v) is 1.59. The van der Waals surface area contributed by atoms with E-state index >= 15 is 0 Å². The Hall–Kier alpha value is -0.440. The van der Waals surface area contributed by atoms with Crippen molar-refractivity contribution in [3.63, 3.8) is 0 Å². The molecule has 13 heavy (non-hydrogen) atoms. The molecule has 1 aromatic carbocycles. The standard InChI is InChI=1S/C8H5Cl3O2/c9-7-4-2-1-3-6(7)8(10,11)13-5-12/h1-5H. The molecule has 0 saturated carbocycles. The number of hydrogen-bond acceptors (Lipinski definition) is 2. The molecule has 0 spiro atoms. The van der Waals surface area contributed by atoms with Crippen LogP contribution in [0.15, 0.2) is 24.3 Å². The topological polar surface area (TPSA) is 26.3 Å². The van der Waals surface area contributed by atoms with E-state index in [1.807, 2.05) is 0 Å². The maximum Gasteiger partial charge on any atom is 0.295 e. The van der Waals surface area contributed by atoms with Gasteiger partial charge in [0.15, 0.2) is 0 Å². The lowest BCUT2D eigenvalue weighted by Crippen LogP contribution is -2.14. The summed E-state index contributed by atoms with van der Waals surface area (Å²) in [6.45, 7) is 0.170. The number of carbonyl (C=O) groups excluding carboxylic acids is 1. The number of hydrogen-bond donors (Lipinski definition) is 0. The normalized spacial score (nSPS) is 11.0. The van der Waals surface area contributed by atoms with Crippen LogP contribution in [0.1, 0.15) is 5.56 Å². The average Bonchev–Trinajstić information content (AvgIpc) is 2.04. The van der Waals surface area contributed by atoms with Crippen LogP contribution in [0.25, 0.3) is 0 Å². The highest BCUT2D eigenvalue weighted by atomic mass is 35.5. The Kier molecular flexibility index (Phi) is 3.42. The smallest absolute Gasteiger partial charge is 0.295 e. The summed E-state index contributed by atoms with van der Waals surface area (Å²) >= 11 is 17.2. The van der Waals surface area contributed by atoms with Crippen molar-refractivity contribution in [2.45, 2.75) is 4.52 Å². The molecule has 0 amide bonds. The summed E-state index contributed by atoms with van der Waals surface area (Å²) in [4.78, 5) is 10.1. The van der Waals surface area contributed by atoms with Crippen molar-refractivity contribution in [1.29, 1.82) is 0 Å². The maximum absolute atomic E-state index is 10.1. The lowest BCUT2D eigenvalue weighted by atomic mass is 10.2. The van der Waals surface area contributed by atoms with Gasteiger partial charge in [-0.15, -0.1) is 0 Å². The molecule has 0 aromatic heterocycles. The van der Waals surface area contributed by atoms with E-state index in [2.05, 4.69) is 4.74 Å². The van der Waals surface area contributed by atoms with E-state index in [9.17, 15) is 4.79 Å². The van der Waals surface area contributed by atoms with Gasteiger partial charge in [0.2, 0.25) is 0 Å². The van der Waals surface area contributed by atoms with Crippen LogP contribution in [0.3, 0.4) is 0 Å². The first kappa shape index (κ1) is 10.6. The van der Waals surface area contributed by atoms with Crippen LogP contribution in [0.5, 0.6) is 0 Å². The third-order valence-electron chi connectivity index (χ3n) is 1.38. The molecule has 0 atom stereocenters. The van der Waals surface area contributed by atoms with Gasteiger partial charge in [0.1, 0.15) is 0 Å². The summed E-state index contributed by atoms with van der Waals surface area (Å²) in [6.07, 6.45) is 0. The predicted molar refractivity (Wildman–Crippen MR) is 52.0 cm³/mol. The van der Waals surface area contributed by atoms with Gasteiger partial charge in [-0.2, -0.15) is 0 Å². The molecule has 0 aliphatic carbocycles. The van der Waals surface area contributed by atoms with Crippen molar-refractivity contribution >= 4 is 41.3 Å². The number of benzene rings is 1. The maximum atomic E-state index is 10.1. The monoisotopic (exact) mass is 238 g/mol. The SMILES string of the molecule is O=COC(Cl)(Cl)c1ccccc1Cl. The minimum atomic E-state index is -1.72. The number of rotatable bonds is 3. The fraction of sp³-hybridized carbons (Fsp3) is 0.125. The molecule has 0 bridgehead atoms. The van der Waals surface area contributed by atoms with Crippen LogP contribution in [0.2, 0.25) is 5.02 Å². The van der Waals surface area contributed by atoms with Crippen molar-refractivity contribution < 1.29 is 9.53 Å².